The van der Waals surface area contributed by atoms with Gasteiger partial charge in [0, 0.05) is 12.8 Å². The van der Waals surface area contributed by atoms with E-state index in [1.807, 2.05) is 43.3 Å². The first kappa shape index (κ1) is 16.1. The zero-order valence-corrected chi connectivity index (χ0v) is 12.1. The molecule has 1 aromatic carbocycles. The van der Waals surface area contributed by atoms with Crippen LogP contribution in [-0.2, 0) is 16.0 Å². The molecule has 0 aliphatic carbocycles. The number of Topliss-reactive ketones (excluding diaryl/α,β-unsaturated/α-hetero) is 1. The Morgan fingerprint density at radius 2 is 1.85 bits per heavy atom. The minimum Gasteiger partial charge on any atom is -0.295 e. The zero-order valence-electron chi connectivity index (χ0n) is 12.1. The van der Waals surface area contributed by atoms with E-state index >= 15 is 0 Å². The molecule has 0 unspecified atom stereocenters. The van der Waals surface area contributed by atoms with Crippen LogP contribution >= 0.6 is 0 Å². The van der Waals surface area contributed by atoms with Crippen molar-refractivity contribution in [3.63, 3.8) is 0 Å². The maximum atomic E-state index is 11.9. The summed E-state index contributed by atoms with van der Waals surface area (Å²) in [5.74, 6) is 0.246. The van der Waals surface area contributed by atoms with E-state index in [0.717, 1.165) is 24.8 Å². The van der Waals surface area contributed by atoms with Crippen LogP contribution in [-0.4, -0.2) is 11.6 Å². The molecule has 106 valence electrons. The van der Waals surface area contributed by atoms with Crippen molar-refractivity contribution in [1.82, 2.24) is 0 Å². The highest BCUT2D eigenvalue weighted by Crippen LogP contribution is 2.09. The summed E-state index contributed by atoms with van der Waals surface area (Å²) in [5.41, 5.74) is 1.98. The molecule has 1 aromatic rings. The lowest BCUT2D eigenvalue weighted by molar-refractivity contribution is -0.115. The van der Waals surface area contributed by atoms with Crippen molar-refractivity contribution in [2.75, 3.05) is 0 Å². The quantitative estimate of drug-likeness (QED) is 0.501. The predicted molar refractivity (Wildman–Crippen MR) is 82.6 cm³/mol. The molecule has 0 amide bonds. The summed E-state index contributed by atoms with van der Waals surface area (Å²) in [6.45, 7) is 5.29. The second-order valence-corrected chi connectivity index (χ2v) is 4.86. The second kappa shape index (κ2) is 9.03. The van der Waals surface area contributed by atoms with Gasteiger partial charge in [-0.15, -0.1) is 0 Å². The lowest BCUT2D eigenvalue weighted by atomic mass is 10.0. The Hall–Kier alpha value is -1.96. The molecule has 0 radical (unpaired) electrons. The van der Waals surface area contributed by atoms with Crippen molar-refractivity contribution < 1.29 is 9.59 Å². The van der Waals surface area contributed by atoms with Gasteiger partial charge in [-0.05, 0) is 43.4 Å². The normalized spacial score (nSPS) is 11.2. The van der Waals surface area contributed by atoms with Crippen LogP contribution in [0.15, 0.2) is 54.6 Å². The van der Waals surface area contributed by atoms with Gasteiger partial charge in [-0.3, -0.25) is 9.59 Å². The fraction of sp³-hybridized carbons (Fsp3) is 0.333. The Morgan fingerprint density at radius 3 is 2.50 bits per heavy atom. The standard InChI is InChI=1S/C18H22O2/c1-3-17(19)12-8-7-9-15(2)18(20)14-13-16-10-5-4-6-11-16/h3-6,9-11H,1,7-8,12-14H2,2H3/b15-9+. The fourth-order valence-electron chi connectivity index (χ4n) is 1.91. The van der Waals surface area contributed by atoms with Crippen LogP contribution in [0.1, 0.15) is 38.2 Å². The number of hydrogen-bond donors (Lipinski definition) is 0. The molecule has 0 aliphatic heterocycles. The number of hydrogen-bond acceptors (Lipinski definition) is 2. The Balaban J connectivity index is 2.31. The highest BCUT2D eigenvalue weighted by atomic mass is 16.1. The van der Waals surface area contributed by atoms with E-state index in [1.165, 1.54) is 11.6 Å². The third-order valence-corrected chi connectivity index (χ3v) is 3.23. The summed E-state index contributed by atoms with van der Waals surface area (Å²) in [4.78, 5) is 23.0. The molecule has 0 aromatic heterocycles. The zero-order chi connectivity index (χ0) is 14.8. The lowest BCUT2D eigenvalue weighted by Crippen LogP contribution is -2.02. The smallest absolute Gasteiger partial charge is 0.158 e. The lowest BCUT2D eigenvalue weighted by Gasteiger charge is -2.02. The molecule has 0 saturated carbocycles. The monoisotopic (exact) mass is 270 g/mol. The molecule has 0 aliphatic rings. The number of allylic oxidation sites excluding steroid dienone is 3. The van der Waals surface area contributed by atoms with Gasteiger partial charge in [0.25, 0.3) is 0 Å². The highest BCUT2D eigenvalue weighted by Gasteiger charge is 2.04. The van der Waals surface area contributed by atoms with E-state index < -0.39 is 0 Å². The third kappa shape index (κ3) is 6.28. The van der Waals surface area contributed by atoms with E-state index in [9.17, 15) is 9.59 Å². The van der Waals surface area contributed by atoms with Gasteiger partial charge < -0.3 is 0 Å². The largest absolute Gasteiger partial charge is 0.295 e. The number of benzene rings is 1. The first-order valence-electron chi connectivity index (χ1n) is 7.02. The Labute approximate surface area is 121 Å². The van der Waals surface area contributed by atoms with Crippen molar-refractivity contribution >= 4 is 11.6 Å². The van der Waals surface area contributed by atoms with E-state index in [2.05, 4.69) is 6.58 Å². The minimum absolute atomic E-state index is 0.0615. The summed E-state index contributed by atoms with van der Waals surface area (Å²) in [6.07, 6.45) is 6.64. The number of unbranched alkanes of at least 4 members (excludes halogenated alkanes) is 1. The van der Waals surface area contributed by atoms with Crippen molar-refractivity contribution in [1.29, 1.82) is 0 Å². The van der Waals surface area contributed by atoms with Gasteiger partial charge in [-0.2, -0.15) is 0 Å². The summed E-state index contributed by atoms with van der Waals surface area (Å²) in [5, 5.41) is 0. The van der Waals surface area contributed by atoms with Gasteiger partial charge in [0.15, 0.2) is 11.6 Å². The number of ketones is 2. The fourth-order valence-corrected chi connectivity index (χ4v) is 1.91. The second-order valence-electron chi connectivity index (χ2n) is 4.86. The minimum atomic E-state index is 0.0615. The van der Waals surface area contributed by atoms with Crippen LogP contribution in [0, 0.1) is 0 Å². The van der Waals surface area contributed by atoms with Gasteiger partial charge in [0.05, 0.1) is 0 Å². The Kier molecular flexibility index (Phi) is 7.26. The molecule has 0 fully saturated rings. The van der Waals surface area contributed by atoms with Crippen LogP contribution in [0.3, 0.4) is 0 Å². The molecule has 0 saturated heterocycles. The number of rotatable bonds is 9. The molecule has 2 nitrogen and oxygen atoms in total. The van der Waals surface area contributed by atoms with Gasteiger partial charge >= 0.3 is 0 Å². The van der Waals surface area contributed by atoms with Gasteiger partial charge in [0.2, 0.25) is 0 Å². The van der Waals surface area contributed by atoms with E-state index in [-0.39, 0.29) is 11.6 Å². The molecule has 20 heavy (non-hydrogen) atoms. The average Bonchev–Trinajstić information content (AvgIpc) is 2.49. The molecule has 0 N–H and O–H groups in total. The Bertz CT molecular complexity index is 483. The maximum absolute atomic E-state index is 11.9. The first-order valence-corrected chi connectivity index (χ1v) is 7.02. The molecular formula is C18H22O2. The van der Waals surface area contributed by atoms with Gasteiger partial charge in [-0.1, -0.05) is 43.0 Å². The molecule has 0 heterocycles. The molecule has 0 bridgehead atoms. The van der Waals surface area contributed by atoms with Crippen molar-refractivity contribution in [3.8, 4) is 0 Å². The molecule has 0 atom stereocenters. The summed E-state index contributed by atoms with van der Waals surface area (Å²) in [6, 6.07) is 10.0. The van der Waals surface area contributed by atoms with Crippen molar-refractivity contribution in [2.45, 2.75) is 39.0 Å². The summed E-state index contributed by atoms with van der Waals surface area (Å²) in [7, 11) is 0. The summed E-state index contributed by atoms with van der Waals surface area (Å²) >= 11 is 0. The summed E-state index contributed by atoms with van der Waals surface area (Å²) < 4.78 is 0. The maximum Gasteiger partial charge on any atom is 0.158 e. The average molecular weight is 270 g/mol. The molecular weight excluding hydrogens is 248 g/mol. The number of carbonyl (C=O) groups excluding carboxylic acids is 2. The van der Waals surface area contributed by atoms with E-state index in [4.69, 9.17) is 0 Å². The van der Waals surface area contributed by atoms with Crippen LogP contribution in [0.25, 0.3) is 0 Å². The van der Waals surface area contributed by atoms with Crippen molar-refractivity contribution in [3.05, 3.63) is 60.2 Å². The van der Waals surface area contributed by atoms with Crippen molar-refractivity contribution in [2.24, 2.45) is 0 Å². The van der Waals surface area contributed by atoms with E-state index in [1.54, 1.807) is 0 Å². The third-order valence-electron chi connectivity index (χ3n) is 3.23. The van der Waals surface area contributed by atoms with Crippen LogP contribution in [0.2, 0.25) is 0 Å². The topological polar surface area (TPSA) is 34.1 Å². The molecule has 0 spiro atoms. The van der Waals surface area contributed by atoms with Gasteiger partial charge in [0.1, 0.15) is 0 Å². The highest BCUT2D eigenvalue weighted by molar-refractivity contribution is 5.94. The first-order chi connectivity index (χ1) is 9.63. The van der Waals surface area contributed by atoms with Gasteiger partial charge in [-0.25, -0.2) is 0 Å². The number of aryl methyl sites for hydroxylation is 1. The van der Waals surface area contributed by atoms with Crippen LogP contribution in [0.4, 0.5) is 0 Å². The Morgan fingerprint density at radius 1 is 1.15 bits per heavy atom. The van der Waals surface area contributed by atoms with Crippen LogP contribution in [0.5, 0.6) is 0 Å². The van der Waals surface area contributed by atoms with E-state index in [0.29, 0.717) is 12.8 Å². The predicted octanol–water partition coefficient (Wildman–Crippen LogP) is 4.06. The van der Waals surface area contributed by atoms with Crippen LogP contribution < -0.4 is 0 Å². The number of carbonyl (C=O) groups is 2. The SMILES string of the molecule is C=CC(=O)CCC/C=C(\C)C(=O)CCc1ccccc1. The molecule has 1 rings (SSSR count). The molecule has 2 heteroatoms.